The predicted molar refractivity (Wildman–Crippen MR) is 98.3 cm³/mol. The van der Waals surface area contributed by atoms with E-state index >= 15 is 0 Å². The van der Waals surface area contributed by atoms with Crippen LogP contribution in [-0.2, 0) is 25.8 Å². The Morgan fingerprint density at radius 2 is 2.23 bits per heavy atom. The van der Waals surface area contributed by atoms with Crippen LogP contribution in [-0.4, -0.2) is 49.2 Å². The van der Waals surface area contributed by atoms with E-state index in [4.69, 9.17) is 10.1 Å². The lowest BCUT2D eigenvalue weighted by atomic mass is 10.0. The molecule has 0 aliphatic heterocycles. The Morgan fingerprint density at radius 1 is 1.38 bits per heavy atom. The zero-order valence-electron chi connectivity index (χ0n) is 14.7. The summed E-state index contributed by atoms with van der Waals surface area (Å²) in [5, 5.41) is 14.4. The zero-order valence-corrected chi connectivity index (χ0v) is 15.5. The molecule has 26 heavy (non-hydrogen) atoms. The first-order valence-corrected chi connectivity index (χ1v) is 9.64. The van der Waals surface area contributed by atoms with E-state index in [0.29, 0.717) is 24.3 Å². The van der Waals surface area contributed by atoms with Gasteiger partial charge in [0.15, 0.2) is 11.3 Å². The quantitative estimate of drug-likeness (QED) is 0.740. The summed E-state index contributed by atoms with van der Waals surface area (Å²) in [6.07, 6.45) is 8.61. The molecule has 0 radical (unpaired) electrons. The van der Waals surface area contributed by atoms with Gasteiger partial charge in [0.1, 0.15) is 5.01 Å². The van der Waals surface area contributed by atoms with Crippen LogP contribution in [0.5, 0.6) is 0 Å². The number of aliphatic hydroxyl groups excluding tert-OH is 1. The van der Waals surface area contributed by atoms with E-state index in [1.165, 1.54) is 23.4 Å². The highest BCUT2D eigenvalue weighted by Gasteiger charge is 2.20. The molecule has 0 unspecified atom stereocenters. The molecule has 0 bridgehead atoms. The van der Waals surface area contributed by atoms with E-state index < -0.39 is 0 Å². The third-order valence-electron chi connectivity index (χ3n) is 4.60. The maximum absolute atomic E-state index is 12.7. The largest absolute Gasteiger partial charge is 0.396 e. The van der Waals surface area contributed by atoms with Crippen LogP contribution >= 0.6 is 11.3 Å². The molecule has 7 nitrogen and oxygen atoms in total. The molecule has 0 spiro atoms. The molecule has 8 heteroatoms. The molecule has 0 saturated heterocycles. The lowest BCUT2D eigenvalue weighted by Gasteiger charge is -2.13. The first kappa shape index (κ1) is 17.1. The molecule has 1 amide bonds. The zero-order chi connectivity index (χ0) is 18.1. The number of amides is 1. The molecule has 4 rings (SSSR count). The minimum atomic E-state index is -0.146. The first-order chi connectivity index (χ1) is 12.6. The summed E-state index contributed by atoms with van der Waals surface area (Å²) in [6.45, 7) is 0.550. The average Bonchev–Trinajstić information content (AvgIpc) is 3.24. The summed E-state index contributed by atoms with van der Waals surface area (Å²) in [5.41, 5.74) is 3.07. The highest BCUT2D eigenvalue weighted by molar-refractivity contribution is 7.11. The molecule has 1 N–H and O–H groups in total. The number of aryl methyl sites for hydroxylation is 2. The summed E-state index contributed by atoms with van der Waals surface area (Å²) in [7, 11) is 1.78. The molecule has 0 fully saturated rings. The summed E-state index contributed by atoms with van der Waals surface area (Å²) < 4.78 is 1.59. The van der Waals surface area contributed by atoms with E-state index in [0.717, 1.165) is 23.4 Å². The topological polar surface area (TPSA) is 83.6 Å². The Balaban J connectivity index is 1.51. The number of aromatic nitrogens is 4. The summed E-state index contributed by atoms with van der Waals surface area (Å²) >= 11 is 1.72. The molecule has 3 aromatic heterocycles. The second-order valence-corrected chi connectivity index (χ2v) is 7.78. The van der Waals surface area contributed by atoms with Crippen molar-refractivity contribution >= 4 is 22.9 Å². The molecule has 3 aromatic rings. The van der Waals surface area contributed by atoms with Crippen LogP contribution in [0, 0.1) is 0 Å². The highest BCUT2D eigenvalue weighted by Crippen LogP contribution is 2.27. The van der Waals surface area contributed by atoms with Crippen molar-refractivity contribution in [2.75, 3.05) is 13.7 Å². The van der Waals surface area contributed by atoms with Crippen LogP contribution in [0.25, 0.3) is 5.65 Å². The number of hydrogen-bond donors (Lipinski definition) is 1. The fraction of sp³-hybridized carbons (Fsp3) is 0.444. The molecular formula is C18H21N5O2S. The standard InChI is InChI=1S/C18H21N5O2S/c1-22(11-17-20-13-4-2-3-5-15(13)26-17)18(25)14-8-16-19-9-12(6-7-24)10-23(16)21-14/h8-10,24H,2-7,11H2,1H3. The van der Waals surface area contributed by atoms with Crippen molar-refractivity contribution in [1.29, 1.82) is 0 Å². The van der Waals surface area contributed by atoms with Crippen molar-refractivity contribution < 1.29 is 9.90 Å². The highest BCUT2D eigenvalue weighted by atomic mass is 32.1. The van der Waals surface area contributed by atoms with Crippen molar-refractivity contribution in [3.8, 4) is 0 Å². The monoisotopic (exact) mass is 371 g/mol. The Kier molecular flexibility index (Phi) is 4.69. The number of carbonyl (C=O) groups is 1. The average molecular weight is 371 g/mol. The van der Waals surface area contributed by atoms with Crippen LogP contribution in [0.2, 0.25) is 0 Å². The Hall–Kier alpha value is -2.32. The summed E-state index contributed by atoms with van der Waals surface area (Å²) in [6, 6.07) is 1.69. The van der Waals surface area contributed by atoms with E-state index in [2.05, 4.69) is 10.1 Å². The smallest absolute Gasteiger partial charge is 0.274 e. The normalized spacial score (nSPS) is 13.8. The van der Waals surface area contributed by atoms with Gasteiger partial charge in [-0.2, -0.15) is 5.10 Å². The predicted octanol–water partition coefficient (Wildman–Crippen LogP) is 1.87. The van der Waals surface area contributed by atoms with Gasteiger partial charge in [-0.25, -0.2) is 14.5 Å². The lowest BCUT2D eigenvalue weighted by molar-refractivity contribution is 0.0778. The van der Waals surface area contributed by atoms with Gasteiger partial charge >= 0.3 is 0 Å². The van der Waals surface area contributed by atoms with Crippen molar-refractivity contribution in [3.63, 3.8) is 0 Å². The maximum Gasteiger partial charge on any atom is 0.274 e. The SMILES string of the molecule is CN(Cc1nc2c(s1)CCCC2)C(=O)c1cc2ncc(CCO)cn2n1. The van der Waals surface area contributed by atoms with Crippen LogP contribution in [0.1, 0.15) is 44.5 Å². The van der Waals surface area contributed by atoms with Crippen LogP contribution < -0.4 is 0 Å². The minimum absolute atomic E-state index is 0.0563. The second kappa shape index (κ2) is 7.13. The third kappa shape index (κ3) is 3.34. The number of aliphatic hydroxyl groups is 1. The number of thiazole rings is 1. The summed E-state index contributed by atoms with van der Waals surface area (Å²) in [4.78, 5) is 24.8. The molecule has 0 saturated carbocycles. The van der Waals surface area contributed by atoms with Crippen molar-refractivity contribution in [1.82, 2.24) is 24.5 Å². The number of fused-ring (bicyclic) bond motifs is 2. The van der Waals surface area contributed by atoms with Gasteiger partial charge in [0.2, 0.25) is 0 Å². The minimum Gasteiger partial charge on any atom is -0.396 e. The van der Waals surface area contributed by atoms with Crippen LogP contribution in [0.4, 0.5) is 0 Å². The van der Waals surface area contributed by atoms with Gasteiger partial charge in [0, 0.05) is 37.0 Å². The van der Waals surface area contributed by atoms with Crippen LogP contribution in [0.3, 0.4) is 0 Å². The van der Waals surface area contributed by atoms with Gasteiger partial charge in [0.05, 0.1) is 12.2 Å². The van der Waals surface area contributed by atoms with Gasteiger partial charge in [-0.1, -0.05) is 0 Å². The lowest BCUT2D eigenvalue weighted by Crippen LogP contribution is -2.26. The van der Waals surface area contributed by atoms with Gasteiger partial charge in [0.25, 0.3) is 5.91 Å². The second-order valence-electron chi connectivity index (χ2n) is 6.61. The van der Waals surface area contributed by atoms with Gasteiger partial charge in [-0.05, 0) is 37.7 Å². The Labute approximate surface area is 155 Å². The molecule has 136 valence electrons. The number of rotatable bonds is 5. The Bertz CT molecular complexity index is 925. The van der Waals surface area contributed by atoms with Crippen molar-refractivity contribution in [3.05, 3.63) is 45.3 Å². The third-order valence-corrected chi connectivity index (χ3v) is 5.74. The van der Waals surface area contributed by atoms with Crippen molar-refractivity contribution in [2.24, 2.45) is 0 Å². The maximum atomic E-state index is 12.7. The fourth-order valence-electron chi connectivity index (χ4n) is 3.22. The number of nitrogens with zero attached hydrogens (tertiary/aromatic N) is 5. The van der Waals surface area contributed by atoms with E-state index in [1.807, 2.05) is 0 Å². The number of carbonyl (C=O) groups excluding carboxylic acids is 1. The van der Waals surface area contributed by atoms with Gasteiger partial charge in [-0.15, -0.1) is 11.3 Å². The molecule has 0 aromatic carbocycles. The van der Waals surface area contributed by atoms with Crippen LogP contribution in [0.15, 0.2) is 18.5 Å². The van der Waals surface area contributed by atoms with Gasteiger partial charge < -0.3 is 10.0 Å². The number of hydrogen-bond acceptors (Lipinski definition) is 6. The van der Waals surface area contributed by atoms with E-state index in [9.17, 15) is 4.79 Å². The molecule has 1 aliphatic carbocycles. The van der Waals surface area contributed by atoms with Crippen molar-refractivity contribution in [2.45, 2.75) is 38.6 Å². The van der Waals surface area contributed by atoms with E-state index in [1.54, 1.807) is 46.3 Å². The molecule has 3 heterocycles. The molecule has 0 atom stereocenters. The van der Waals surface area contributed by atoms with E-state index in [-0.39, 0.29) is 12.5 Å². The molecular weight excluding hydrogens is 350 g/mol. The fourth-order valence-corrected chi connectivity index (χ4v) is 4.43. The molecule has 1 aliphatic rings. The Morgan fingerprint density at radius 3 is 3.04 bits per heavy atom. The summed E-state index contributed by atoms with van der Waals surface area (Å²) in [5.74, 6) is -0.146. The van der Waals surface area contributed by atoms with Gasteiger partial charge in [-0.3, -0.25) is 4.79 Å². The first-order valence-electron chi connectivity index (χ1n) is 8.82.